The summed E-state index contributed by atoms with van der Waals surface area (Å²) in [6, 6.07) is 8.50. The standard InChI is InChI=1S/C18H29NO/c1-4-18(20)16-7-9-17(10-8-16)19-12-5-6-15(11-13-19)14(2)3/h7-10,14-15,18,20H,4-6,11-13H2,1-3H3/t15?,18-/m0/s1. The molecule has 0 aromatic heterocycles. The van der Waals surface area contributed by atoms with Gasteiger partial charge in [-0.1, -0.05) is 32.9 Å². The Kier molecular flexibility index (Phi) is 5.47. The van der Waals surface area contributed by atoms with Gasteiger partial charge in [-0.25, -0.2) is 0 Å². The number of hydrogen-bond acceptors (Lipinski definition) is 2. The molecule has 1 fully saturated rings. The monoisotopic (exact) mass is 275 g/mol. The van der Waals surface area contributed by atoms with Crippen molar-refractivity contribution in [3.05, 3.63) is 29.8 Å². The summed E-state index contributed by atoms with van der Waals surface area (Å²) >= 11 is 0. The number of anilines is 1. The van der Waals surface area contributed by atoms with E-state index >= 15 is 0 Å². The first-order chi connectivity index (χ1) is 9.61. The molecule has 1 aliphatic heterocycles. The molecular formula is C18H29NO. The molecular weight excluding hydrogens is 246 g/mol. The molecule has 1 saturated heterocycles. The van der Waals surface area contributed by atoms with Crippen LogP contribution in [0.25, 0.3) is 0 Å². The summed E-state index contributed by atoms with van der Waals surface area (Å²) in [7, 11) is 0. The summed E-state index contributed by atoms with van der Waals surface area (Å²) in [6.07, 6.45) is 4.41. The van der Waals surface area contributed by atoms with Gasteiger partial charge in [-0.05, 0) is 55.2 Å². The van der Waals surface area contributed by atoms with E-state index in [2.05, 4.69) is 43.0 Å². The summed E-state index contributed by atoms with van der Waals surface area (Å²) in [4.78, 5) is 2.50. The van der Waals surface area contributed by atoms with E-state index in [0.29, 0.717) is 0 Å². The van der Waals surface area contributed by atoms with Gasteiger partial charge in [-0.2, -0.15) is 0 Å². The van der Waals surface area contributed by atoms with Gasteiger partial charge in [0.15, 0.2) is 0 Å². The van der Waals surface area contributed by atoms with E-state index < -0.39 is 0 Å². The Balaban J connectivity index is 2.01. The molecule has 2 atom stereocenters. The third-order valence-corrected chi connectivity index (χ3v) is 4.75. The summed E-state index contributed by atoms with van der Waals surface area (Å²) in [5.41, 5.74) is 2.34. The van der Waals surface area contributed by atoms with Crippen molar-refractivity contribution < 1.29 is 5.11 Å². The van der Waals surface area contributed by atoms with Crippen LogP contribution in [0.5, 0.6) is 0 Å². The molecule has 1 aliphatic rings. The van der Waals surface area contributed by atoms with E-state index in [-0.39, 0.29) is 6.10 Å². The highest BCUT2D eigenvalue weighted by atomic mass is 16.3. The predicted octanol–water partition coefficient (Wildman–Crippen LogP) is 4.39. The maximum Gasteiger partial charge on any atom is 0.0787 e. The summed E-state index contributed by atoms with van der Waals surface area (Å²) in [5, 5.41) is 9.86. The lowest BCUT2D eigenvalue weighted by Crippen LogP contribution is -2.24. The first-order valence-corrected chi connectivity index (χ1v) is 8.14. The van der Waals surface area contributed by atoms with Gasteiger partial charge in [0.1, 0.15) is 0 Å². The van der Waals surface area contributed by atoms with Crippen LogP contribution in [0.15, 0.2) is 24.3 Å². The van der Waals surface area contributed by atoms with Crippen LogP contribution in [0.4, 0.5) is 5.69 Å². The molecule has 112 valence electrons. The molecule has 20 heavy (non-hydrogen) atoms. The molecule has 0 saturated carbocycles. The first-order valence-electron chi connectivity index (χ1n) is 8.14. The van der Waals surface area contributed by atoms with Gasteiger partial charge in [0.2, 0.25) is 0 Å². The van der Waals surface area contributed by atoms with Gasteiger partial charge >= 0.3 is 0 Å². The van der Waals surface area contributed by atoms with Crippen molar-refractivity contribution in [2.75, 3.05) is 18.0 Å². The average molecular weight is 275 g/mol. The minimum absolute atomic E-state index is 0.321. The number of aliphatic hydroxyl groups is 1. The minimum Gasteiger partial charge on any atom is -0.388 e. The lowest BCUT2D eigenvalue weighted by Gasteiger charge is -2.24. The number of rotatable bonds is 4. The maximum absolute atomic E-state index is 9.86. The normalized spacial score (nSPS) is 21.9. The molecule has 2 heteroatoms. The number of nitrogens with zero attached hydrogens (tertiary/aromatic N) is 1. The molecule has 2 rings (SSSR count). The van der Waals surface area contributed by atoms with Crippen molar-refractivity contribution in [2.24, 2.45) is 11.8 Å². The van der Waals surface area contributed by atoms with Crippen molar-refractivity contribution in [2.45, 2.75) is 52.6 Å². The molecule has 2 nitrogen and oxygen atoms in total. The van der Waals surface area contributed by atoms with E-state index in [1.165, 1.54) is 38.0 Å². The number of hydrogen-bond donors (Lipinski definition) is 1. The predicted molar refractivity (Wildman–Crippen MR) is 86.1 cm³/mol. The zero-order valence-electron chi connectivity index (χ0n) is 13.2. The van der Waals surface area contributed by atoms with Gasteiger partial charge in [-0.15, -0.1) is 0 Å². The second kappa shape index (κ2) is 7.12. The Morgan fingerprint density at radius 1 is 1.15 bits per heavy atom. The first kappa shape index (κ1) is 15.4. The number of benzene rings is 1. The van der Waals surface area contributed by atoms with Crippen LogP contribution in [-0.2, 0) is 0 Å². The quantitative estimate of drug-likeness (QED) is 0.880. The van der Waals surface area contributed by atoms with E-state index in [4.69, 9.17) is 0 Å². The van der Waals surface area contributed by atoms with E-state index in [1.54, 1.807) is 0 Å². The smallest absolute Gasteiger partial charge is 0.0787 e. The third-order valence-electron chi connectivity index (χ3n) is 4.75. The zero-order valence-corrected chi connectivity index (χ0v) is 13.2. The largest absolute Gasteiger partial charge is 0.388 e. The summed E-state index contributed by atoms with van der Waals surface area (Å²) in [6.45, 7) is 9.04. The fourth-order valence-electron chi connectivity index (χ4n) is 3.19. The highest BCUT2D eigenvalue weighted by Crippen LogP contribution is 2.28. The molecule has 1 aromatic rings. The zero-order chi connectivity index (χ0) is 14.5. The van der Waals surface area contributed by atoms with E-state index in [1.807, 2.05) is 6.92 Å². The van der Waals surface area contributed by atoms with Gasteiger partial charge in [0.05, 0.1) is 6.10 Å². The Bertz CT molecular complexity index is 398. The average Bonchev–Trinajstić information content (AvgIpc) is 2.72. The van der Waals surface area contributed by atoms with Crippen molar-refractivity contribution in [3.8, 4) is 0 Å². The van der Waals surface area contributed by atoms with Crippen LogP contribution in [-0.4, -0.2) is 18.2 Å². The maximum atomic E-state index is 9.86. The lowest BCUT2D eigenvalue weighted by molar-refractivity contribution is 0.173. The van der Waals surface area contributed by atoms with Crippen molar-refractivity contribution in [3.63, 3.8) is 0 Å². The van der Waals surface area contributed by atoms with Gasteiger partial charge in [0.25, 0.3) is 0 Å². The van der Waals surface area contributed by atoms with Crippen molar-refractivity contribution >= 4 is 5.69 Å². The SMILES string of the molecule is CC[C@H](O)c1ccc(N2CCCC(C(C)C)CC2)cc1. The highest BCUT2D eigenvalue weighted by Gasteiger charge is 2.19. The number of aliphatic hydroxyl groups excluding tert-OH is 1. The lowest BCUT2D eigenvalue weighted by atomic mass is 9.89. The topological polar surface area (TPSA) is 23.5 Å². The Morgan fingerprint density at radius 3 is 2.45 bits per heavy atom. The van der Waals surface area contributed by atoms with Crippen LogP contribution >= 0.6 is 0 Å². The second-order valence-corrected chi connectivity index (χ2v) is 6.44. The van der Waals surface area contributed by atoms with Crippen LogP contribution < -0.4 is 4.90 Å². The molecule has 0 amide bonds. The third kappa shape index (κ3) is 3.76. The molecule has 0 radical (unpaired) electrons. The summed E-state index contributed by atoms with van der Waals surface area (Å²) < 4.78 is 0. The van der Waals surface area contributed by atoms with Crippen LogP contribution in [0.3, 0.4) is 0 Å². The Hall–Kier alpha value is -1.02. The van der Waals surface area contributed by atoms with Gasteiger partial charge in [0, 0.05) is 18.8 Å². The fraction of sp³-hybridized carbons (Fsp3) is 0.667. The fourth-order valence-corrected chi connectivity index (χ4v) is 3.19. The minimum atomic E-state index is -0.321. The molecule has 1 heterocycles. The van der Waals surface area contributed by atoms with E-state index in [0.717, 1.165) is 23.8 Å². The van der Waals surface area contributed by atoms with Crippen LogP contribution in [0, 0.1) is 11.8 Å². The molecule has 0 aliphatic carbocycles. The van der Waals surface area contributed by atoms with Gasteiger partial charge in [-0.3, -0.25) is 0 Å². The van der Waals surface area contributed by atoms with Crippen LogP contribution in [0.2, 0.25) is 0 Å². The summed E-state index contributed by atoms with van der Waals surface area (Å²) in [5.74, 6) is 1.68. The second-order valence-electron chi connectivity index (χ2n) is 6.44. The molecule has 1 aromatic carbocycles. The highest BCUT2D eigenvalue weighted by molar-refractivity contribution is 5.48. The molecule has 1 unspecified atom stereocenters. The van der Waals surface area contributed by atoms with Crippen molar-refractivity contribution in [1.82, 2.24) is 0 Å². The molecule has 0 spiro atoms. The Morgan fingerprint density at radius 2 is 1.85 bits per heavy atom. The Labute approximate surface area is 123 Å². The van der Waals surface area contributed by atoms with Crippen LogP contribution in [0.1, 0.15) is 58.1 Å². The molecule has 0 bridgehead atoms. The van der Waals surface area contributed by atoms with Gasteiger partial charge < -0.3 is 10.0 Å². The molecule has 1 N–H and O–H groups in total. The van der Waals surface area contributed by atoms with E-state index in [9.17, 15) is 5.11 Å². The van der Waals surface area contributed by atoms with Crippen molar-refractivity contribution in [1.29, 1.82) is 0 Å².